The molecule has 1 aromatic carbocycles. The maximum Gasteiger partial charge on any atom is 0.226 e. The number of likely N-dealkylation sites (N-methyl/N-ethyl adjacent to an activating group) is 1. The van der Waals surface area contributed by atoms with Crippen molar-refractivity contribution in [1.29, 1.82) is 0 Å². The van der Waals surface area contributed by atoms with Crippen LogP contribution in [0.25, 0.3) is 22.6 Å². The van der Waals surface area contributed by atoms with Gasteiger partial charge in [-0.2, -0.15) is 0 Å². The number of piperazine rings is 1. The highest BCUT2D eigenvalue weighted by molar-refractivity contribution is 5.76. The van der Waals surface area contributed by atoms with Crippen LogP contribution in [0.15, 0.2) is 42.6 Å². The molecule has 168 valence electrons. The molecule has 0 radical (unpaired) electrons. The number of hydrogen-bond donors (Lipinski definition) is 1. The monoisotopic (exact) mass is 437 g/mol. The van der Waals surface area contributed by atoms with Crippen LogP contribution in [-0.4, -0.2) is 70.5 Å². The Hall–Kier alpha value is -3.26. The molecule has 1 aliphatic heterocycles. The smallest absolute Gasteiger partial charge is 0.226 e. The number of amides is 1. The van der Waals surface area contributed by atoms with Crippen molar-refractivity contribution in [3.63, 3.8) is 0 Å². The van der Waals surface area contributed by atoms with Crippen LogP contribution in [0.2, 0.25) is 0 Å². The van der Waals surface area contributed by atoms with Crippen LogP contribution in [0.5, 0.6) is 5.88 Å². The summed E-state index contributed by atoms with van der Waals surface area (Å²) in [5.74, 6) is 1.30. The minimum absolute atomic E-state index is 0.118. The molecular weight excluding hydrogens is 409 g/mol. The number of nitrogens with one attached hydrogen (secondary N) is 1. The molecule has 1 aliphatic rings. The van der Waals surface area contributed by atoms with E-state index in [0.29, 0.717) is 30.3 Å². The summed E-state index contributed by atoms with van der Waals surface area (Å²) >= 11 is 0. The first-order valence-corrected chi connectivity index (χ1v) is 10.8. The summed E-state index contributed by atoms with van der Waals surface area (Å²) < 4.78 is 18.4. The highest BCUT2D eigenvalue weighted by atomic mass is 19.1. The number of carbonyl (C=O) groups excluding carboxylic acids is 1. The van der Waals surface area contributed by atoms with E-state index >= 15 is 0 Å². The molecule has 3 aromatic rings. The fourth-order valence-electron chi connectivity index (χ4n) is 3.69. The predicted octanol–water partition coefficient (Wildman–Crippen LogP) is 3.46. The van der Waals surface area contributed by atoms with Gasteiger partial charge in [-0.25, -0.2) is 14.4 Å². The molecule has 0 spiro atoms. The lowest BCUT2D eigenvalue weighted by atomic mass is 10.1. The molecule has 1 fully saturated rings. The number of rotatable bonds is 7. The minimum atomic E-state index is -0.477. The summed E-state index contributed by atoms with van der Waals surface area (Å²) in [6, 6.07) is 11.0. The number of benzene rings is 1. The lowest BCUT2D eigenvalue weighted by molar-refractivity contribution is -0.133. The number of imidazole rings is 1. The molecule has 0 atom stereocenters. The molecule has 8 heteroatoms. The summed E-state index contributed by atoms with van der Waals surface area (Å²) in [5, 5.41) is 0. The standard InChI is InChI=1S/C24H28FN5O2/c1-17-23(19-5-3-18(15-25)4-6-19)28-24(27-17)20-7-8-21(26-16-20)32-14-9-22(31)30-12-10-29(2)11-13-30/h3-8,16H,9-15H2,1-2H3,(H,27,28). The highest BCUT2D eigenvalue weighted by Crippen LogP contribution is 2.26. The van der Waals surface area contributed by atoms with Gasteiger partial charge in [0.15, 0.2) is 0 Å². The molecule has 0 aliphatic carbocycles. The molecule has 2 aromatic heterocycles. The van der Waals surface area contributed by atoms with E-state index in [1.54, 1.807) is 24.4 Å². The van der Waals surface area contributed by atoms with Crippen LogP contribution in [0.1, 0.15) is 17.7 Å². The van der Waals surface area contributed by atoms with E-state index in [1.807, 2.05) is 30.0 Å². The first kappa shape index (κ1) is 22.0. The number of carbonyl (C=O) groups is 1. The number of nitrogens with zero attached hydrogens (tertiary/aromatic N) is 4. The summed E-state index contributed by atoms with van der Waals surface area (Å²) in [4.78, 5) is 28.7. The van der Waals surface area contributed by atoms with Crippen LogP contribution in [-0.2, 0) is 11.5 Å². The first-order chi connectivity index (χ1) is 15.5. The van der Waals surface area contributed by atoms with Gasteiger partial charge in [0.25, 0.3) is 0 Å². The van der Waals surface area contributed by atoms with Crippen molar-refractivity contribution in [2.45, 2.75) is 20.0 Å². The maximum atomic E-state index is 12.8. The Morgan fingerprint density at radius 2 is 1.81 bits per heavy atom. The van der Waals surface area contributed by atoms with Crippen LogP contribution in [0.3, 0.4) is 0 Å². The minimum Gasteiger partial charge on any atom is -0.477 e. The maximum absolute atomic E-state index is 12.8. The molecule has 0 unspecified atom stereocenters. The van der Waals surface area contributed by atoms with Crippen LogP contribution in [0, 0.1) is 6.92 Å². The Bertz CT molecular complexity index is 1040. The SMILES string of the molecule is Cc1[nH]c(-c2ccc(OCCC(=O)N3CCN(C)CC3)nc2)nc1-c1ccc(CF)cc1. The van der Waals surface area contributed by atoms with Crippen molar-refractivity contribution >= 4 is 5.91 Å². The van der Waals surface area contributed by atoms with E-state index in [-0.39, 0.29) is 5.91 Å². The lowest BCUT2D eigenvalue weighted by Crippen LogP contribution is -2.47. The molecule has 3 heterocycles. The summed E-state index contributed by atoms with van der Waals surface area (Å²) in [6.45, 7) is 5.14. The number of aromatic nitrogens is 3. The second kappa shape index (κ2) is 9.91. The summed E-state index contributed by atoms with van der Waals surface area (Å²) in [7, 11) is 2.07. The van der Waals surface area contributed by atoms with Crippen molar-refractivity contribution in [3.05, 3.63) is 53.9 Å². The molecule has 0 saturated carbocycles. The van der Waals surface area contributed by atoms with Gasteiger partial charge in [0, 0.05) is 55.3 Å². The van der Waals surface area contributed by atoms with Crippen molar-refractivity contribution < 1.29 is 13.9 Å². The van der Waals surface area contributed by atoms with Gasteiger partial charge < -0.3 is 19.5 Å². The van der Waals surface area contributed by atoms with Gasteiger partial charge in [0.2, 0.25) is 11.8 Å². The van der Waals surface area contributed by atoms with Crippen molar-refractivity contribution in [2.75, 3.05) is 39.8 Å². The number of halogens is 1. The topological polar surface area (TPSA) is 74.4 Å². The first-order valence-electron chi connectivity index (χ1n) is 10.8. The molecule has 32 heavy (non-hydrogen) atoms. The zero-order valence-corrected chi connectivity index (χ0v) is 18.5. The molecule has 4 rings (SSSR count). The molecule has 1 saturated heterocycles. The third kappa shape index (κ3) is 5.13. The Kier molecular flexibility index (Phi) is 6.80. The predicted molar refractivity (Wildman–Crippen MR) is 121 cm³/mol. The van der Waals surface area contributed by atoms with E-state index in [9.17, 15) is 9.18 Å². The van der Waals surface area contributed by atoms with Crippen molar-refractivity contribution in [3.8, 4) is 28.5 Å². The molecule has 0 bridgehead atoms. The lowest BCUT2D eigenvalue weighted by Gasteiger charge is -2.32. The summed E-state index contributed by atoms with van der Waals surface area (Å²) in [5.41, 5.74) is 4.16. The van der Waals surface area contributed by atoms with Crippen LogP contribution >= 0.6 is 0 Å². The van der Waals surface area contributed by atoms with E-state index in [1.165, 1.54) is 0 Å². The Balaban J connectivity index is 1.34. The zero-order valence-electron chi connectivity index (χ0n) is 18.5. The van der Waals surface area contributed by atoms with E-state index in [4.69, 9.17) is 9.72 Å². The second-order valence-corrected chi connectivity index (χ2v) is 8.06. The summed E-state index contributed by atoms with van der Waals surface area (Å²) in [6.07, 6.45) is 2.04. The normalized spacial score (nSPS) is 14.5. The number of aromatic amines is 1. The van der Waals surface area contributed by atoms with Gasteiger partial charge in [0.05, 0.1) is 18.7 Å². The average Bonchev–Trinajstić information content (AvgIpc) is 3.21. The number of H-pyrrole nitrogens is 1. The molecule has 1 N–H and O–H groups in total. The molecule has 7 nitrogen and oxygen atoms in total. The van der Waals surface area contributed by atoms with E-state index in [0.717, 1.165) is 48.7 Å². The van der Waals surface area contributed by atoms with E-state index < -0.39 is 6.67 Å². The van der Waals surface area contributed by atoms with Crippen LogP contribution in [0.4, 0.5) is 4.39 Å². The fraction of sp³-hybridized carbons (Fsp3) is 0.375. The number of pyridine rings is 1. The van der Waals surface area contributed by atoms with Crippen LogP contribution < -0.4 is 4.74 Å². The third-order valence-electron chi connectivity index (χ3n) is 5.70. The van der Waals surface area contributed by atoms with Gasteiger partial charge in [-0.3, -0.25) is 4.79 Å². The number of aryl methyl sites for hydroxylation is 1. The number of alkyl halides is 1. The van der Waals surface area contributed by atoms with Gasteiger partial charge in [-0.1, -0.05) is 24.3 Å². The largest absolute Gasteiger partial charge is 0.477 e. The highest BCUT2D eigenvalue weighted by Gasteiger charge is 2.18. The molecule has 1 amide bonds. The number of ether oxygens (including phenoxy) is 1. The number of hydrogen-bond acceptors (Lipinski definition) is 5. The Labute approximate surface area is 187 Å². The second-order valence-electron chi connectivity index (χ2n) is 8.06. The van der Waals surface area contributed by atoms with Crippen molar-refractivity contribution in [2.24, 2.45) is 0 Å². The Morgan fingerprint density at radius 3 is 2.47 bits per heavy atom. The molecular formula is C24H28FN5O2. The van der Waals surface area contributed by atoms with E-state index in [2.05, 4.69) is 21.9 Å². The van der Waals surface area contributed by atoms with Gasteiger partial charge in [0.1, 0.15) is 12.5 Å². The van der Waals surface area contributed by atoms with Gasteiger partial charge in [-0.05, 0) is 25.6 Å². The zero-order chi connectivity index (χ0) is 22.5. The average molecular weight is 438 g/mol. The van der Waals surface area contributed by atoms with Crippen molar-refractivity contribution in [1.82, 2.24) is 24.8 Å². The fourth-order valence-corrected chi connectivity index (χ4v) is 3.69. The van der Waals surface area contributed by atoms with Gasteiger partial charge in [-0.15, -0.1) is 0 Å². The van der Waals surface area contributed by atoms with Gasteiger partial charge >= 0.3 is 0 Å². The Morgan fingerprint density at radius 1 is 1.09 bits per heavy atom. The quantitative estimate of drug-likeness (QED) is 0.613. The third-order valence-corrected chi connectivity index (χ3v) is 5.70.